The summed E-state index contributed by atoms with van der Waals surface area (Å²) < 4.78 is 87.0. The van der Waals surface area contributed by atoms with Crippen molar-refractivity contribution in [1.82, 2.24) is 4.72 Å². The molecule has 1 heterocycles. The minimum absolute atomic E-state index is 0.330. The molecule has 0 saturated heterocycles. The van der Waals surface area contributed by atoms with Gasteiger partial charge in [0.15, 0.2) is 17.2 Å². The van der Waals surface area contributed by atoms with Gasteiger partial charge in [-0.3, -0.25) is 0 Å². The number of hydrogen-bond acceptors (Lipinski definition) is 3. The minimum Gasteiger partial charge on any atom is -0.598 e. The first-order valence-corrected chi connectivity index (χ1v) is 8.09. The molecular formula is C15H16F5NO2S. The second-order valence-corrected chi connectivity index (χ2v) is 8.25. The van der Waals surface area contributed by atoms with E-state index in [1.54, 1.807) is 4.72 Å². The zero-order chi connectivity index (χ0) is 18.4. The molecule has 0 fully saturated rings. The molecule has 2 aromatic rings. The fourth-order valence-corrected chi connectivity index (χ4v) is 2.86. The molecule has 0 radical (unpaired) electrons. The standard InChI is InChI=1S/C15H16F5NO2S/c1-7-10-8(16)5-6-9(17)11(10)23-12(7)15(20,13(18)19)21-24(22)14(2,3)4/h5-6,13,21H,1-4H3/t15?,24-/m0/s1. The molecule has 1 unspecified atom stereocenters. The number of rotatable bonds is 4. The van der Waals surface area contributed by atoms with Crippen molar-refractivity contribution in [1.29, 1.82) is 0 Å². The molecule has 0 amide bonds. The van der Waals surface area contributed by atoms with E-state index in [-0.39, 0.29) is 5.56 Å². The summed E-state index contributed by atoms with van der Waals surface area (Å²) in [6, 6.07) is 1.53. The van der Waals surface area contributed by atoms with Gasteiger partial charge in [0.2, 0.25) is 0 Å². The van der Waals surface area contributed by atoms with Crippen molar-refractivity contribution in [3.63, 3.8) is 0 Å². The lowest BCUT2D eigenvalue weighted by Gasteiger charge is -2.30. The Hall–Kier alpha value is -1.32. The SMILES string of the molecule is Cc1c(C(F)(N[S@@+]([O-])C(C)(C)C)C(F)F)oc2c(F)ccc(F)c12. The van der Waals surface area contributed by atoms with Gasteiger partial charge < -0.3 is 8.97 Å². The maximum Gasteiger partial charge on any atom is 0.318 e. The number of halogens is 5. The summed E-state index contributed by atoms with van der Waals surface area (Å²) >= 11 is -2.22. The maximum atomic E-state index is 15.0. The second-order valence-electron chi connectivity index (χ2n) is 6.29. The van der Waals surface area contributed by atoms with E-state index in [0.29, 0.717) is 0 Å². The van der Waals surface area contributed by atoms with Crippen LogP contribution < -0.4 is 4.72 Å². The molecule has 9 heteroatoms. The first-order chi connectivity index (χ1) is 10.9. The Morgan fingerprint density at radius 2 is 1.71 bits per heavy atom. The Morgan fingerprint density at radius 3 is 2.17 bits per heavy atom. The van der Waals surface area contributed by atoms with Crippen LogP contribution in [0.25, 0.3) is 11.0 Å². The summed E-state index contributed by atoms with van der Waals surface area (Å²) in [7, 11) is 0. The molecule has 0 aliphatic carbocycles. The van der Waals surface area contributed by atoms with E-state index in [1.165, 1.54) is 20.8 Å². The zero-order valence-corrected chi connectivity index (χ0v) is 14.2. The quantitative estimate of drug-likeness (QED) is 0.492. The van der Waals surface area contributed by atoms with E-state index in [1.807, 2.05) is 0 Å². The van der Waals surface area contributed by atoms with E-state index in [2.05, 4.69) is 0 Å². The van der Waals surface area contributed by atoms with E-state index in [0.717, 1.165) is 19.1 Å². The summed E-state index contributed by atoms with van der Waals surface area (Å²) in [5.74, 6) is -6.63. The van der Waals surface area contributed by atoms with Gasteiger partial charge in [0, 0.05) is 16.9 Å². The Kier molecular flexibility index (Phi) is 4.91. The first-order valence-electron chi connectivity index (χ1n) is 6.94. The van der Waals surface area contributed by atoms with Crippen LogP contribution in [0.3, 0.4) is 0 Å². The lowest BCUT2D eigenvalue weighted by atomic mass is 10.1. The van der Waals surface area contributed by atoms with Gasteiger partial charge in [-0.15, -0.1) is 0 Å². The Labute approximate surface area is 138 Å². The molecule has 0 bridgehead atoms. The van der Waals surface area contributed by atoms with Crippen molar-refractivity contribution in [2.45, 2.75) is 44.7 Å². The highest BCUT2D eigenvalue weighted by atomic mass is 32.2. The molecule has 1 aromatic carbocycles. The van der Waals surface area contributed by atoms with E-state index >= 15 is 0 Å². The van der Waals surface area contributed by atoms with Crippen molar-refractivity contribution in [2.24, 2.45) is 0 Å². The number of benzene rings is 1. The second kappa shape index (κ2) is 6.20. The summed E-state index contributed by atoms with van der Waals surface area (Å²) in [5, 5.41) is -0.434. The van der Waals surface area contributed by atoms with E-state index in [4.69, 9.17) is 4.42 Å². The van der Waals surface area contributed by atoms with Crippen molar-refractivity contribution < 1.29 is 30.9 Å². The van der Waals surface area contributed by atoms with Crippen LogP contribution in [0.4, 0.5) is 22.0 Å². The molecule has 1 N–H and O–H groups in total. The Morgan fingerprint density at radius 1 is 1.17 bits per heavy atom. The van der Waals surface area contributed by atoms with Crippen molar-refractivity contribution >= 4 is 22.3 Å². The monoisotopic (exact) mass is 369 g/mol. The van der Waals surface area contributed by atoms with Gasteiger partial charge in [-0.05, 0) is 39.8 Å². The third kappa shape index (κ3) is 3.12. The normalized spacial score (nSPS) is 16.6. The average molecular weight is 369 g/mol. The lowest BCUT2D eigenvalue weighted by molar-refractivity contribution is -0.0607. The van der Waals surface area contributed by atoms with Gasteiger partial charge in [-0.25, -0.2) is 22.0 Å². The summed E-state index contributed by atoms with van der Waals surface area (Å²) in [6.07, 6.45) is -3.69. The van der Waals surface area contributed by atoms with Crippen LogP contribution in [0.2, 0.25) is 0 Å². The molecule has 134 valence electrons. The van der Waals surface area contributed by atoms with Gasteiger partial charge in [-0.1, -0.05) is 4.72 Å². The Balaban J connectivity index is 2.65. The number of nitrogens with one attached hydrogen (secondary N) is 1. The molecular weight excluding hydrogens is 353 g/mol. The number of hydrogen-bond donors (Lipinski definition) is 1. The molecule has 1 aromatic heterocycles. The van der Waals surface area contributed by atoms with Crippen LogP contribution in [0.15, 0.2) is 16.5 Å². The first kappa shape index (κ1) is 19.0. The van der Waals surface area contributed by atoms with Crippen LogP contribution in [0.1, 0.15) is 32.1 Å². The topological polar surface area (TPSA) is 48.2 Å². The molecule has 2 rings (SSSR count). The van der Waals surface area contributed by atoms with Crippen molar-refractivity contribution in [2.75, 3.05) is 0 Å². The highest BCUT2D eigenvalue weighted by molar-refractivity contribution is 7.90. The van der Waals surface area contributed by atoms with E-state index < -0.39 is 56.7 Å². The predicted molar refractivity (Wildman–Crippen MR) is 80.7 cm³/mol. The van der Waals surface area contributed by atoms with Crippen LogP contribution in [-0.2, 0) is 17.2 Å². The average Bonchev–Trinajstić information content (AvgIpc) is 2.81. The summed E-state index contributed by atoms with van der Waals surface area (Å²) in [5.41, 5.74) is -1.00. The van der Waals surface area contributed by atoms with Gasteiger partial charge in [0.1, 0.15) is 10.6 Å². The van der Waals surface area contributed by atoms with Gasteiger partial charge in [0.05, 0.1) is 5.39 Å². The molecule has 0 spiro atoms. The molecule has 0 aliphatic rings. The highest BCUT2D eigenvalue weighted by Crippen LogP contribution is 2.40. The number of furan rings is 1. The van der Waals surface area contributed by atoms with E-state index in [9.17, 15) is 26.5 Å². The van der Waals surface area contributed by atoms with Crippen LogP contribution in [-0.4, -0.2) is 15.7 Å². The number of alkyl halides is 3. The zero-order valence-electron chi connectivity index (χ0n) is 13.3. The Bertz CT molecular complexity index is 758. The van der Waals surface area contributed by atoms with Crippen LogP contribution >= 0.6 is 0 Å². The molecule has 0 saturated carbocycles. The largest absolute Gasteiger partial charge is 0.598 e. The van der Waals surface area contributed by atoms with Gasteiger partial charge in [0.25, 0.3) is 6.43 Å². The molecule has 2 atom stereocenters. The fourth-order valence-electron chi connectivity index (χ4n) is 2.10. The van der Waals surface area contributed by atoms with Gasteiger partial charge >= 0.3 is 5.79 Å². The summed E-state index contributed by atoms with van der Waals surface area (Å²) in [6.45, 7) is 5.48. The number of fused-ring (bicyclic) bond motifs is 1. The smallest absolute Gasteiger partial charge is 0.318 e. The minimum atomic E-state index is -3.69. The highest BCUT2D eigenvalue weighted by Gasteiger charge is 2.52. The van der Waals surface area contributed by atoms with Crippen molar-refractivity contribution in [3.8, 4) is 0 Å². The van der Waals surface area contributed by atoms with Crippen LogP contribution in [0.5, 0.6) is 0 Å². The fraction of sp³-hybridized carbons (Fsp3) is 0.467. The maximum absolute atomic E-state index is 15.0. The molecule has 24 heavy (non-hydrogen) atoms. The molecule has 3 nitrogen and oxygen atoms in total. The van der Waals surface area contributed by atoms with Gasteiger partial charge in [-0.2, -0.15) is 0 Å². The lowest BCUT2D eigenvalue weighted by Crippen LogP contribution is -2.52. The molecule has 0 aliphatic heterocycles. The van der Waals surface area contributed by atoms with Crippen LogP contribution in [0, 0.1) is 18.6 Å². The predicted octanol–water partition coefficient (Wildman–Crippen LogP) is 4.46. The third-order valence-electron chi connectivity index (χ3n) is 3.41. The third-order valence-corrected chi connectivity index (χ3v) is 5.00. The summed E-state index contributed by atoms with van der Waals surface area (Å²) in [4.78, 5) is 0. The van der Waals surface area contributed by atoms with Crippen molar-refractivity contribution in [3.05, 3.63) is 35.1 Å². The number of aryl methyl sites for hydroxylation is 1.